The van der Waals surface area contributed by atoms with Crippen molar-refractivity contribution >= 4 is 76.4 Å². The van der Waals surface area contributed by atoms with E-state index in [-0.39, 0.29) is 49.8 Å². The number of aliphatic carboxylic acids is 1. The number of aromatic nitrogens is 9. The first-order valence-corrected chi connectivity index (χ1v) is 48.6. The number of hydrogen-bond donors (Lipinski definition) is 13. The average molecular weight is 1970 g/mol. The number of aromatic amines is 2. The van der Waals surface area contributed by atoms with Crippen molar-refractivity contribution in [2.75, 3.05) is 72.6 Å². The van der Waals surface area contributed by atoms with Gasteiger partial charge in [0.15, 0.2) is 29.0 Å². The van der Waals surface area contributed by atoms with Crippen LogP contribution >= 0.6 is 0 Å². The van der Waals surface area contributed by atoms with Gasteiger partial charge in [0.25, 0.3) is 0 Å². The number of carbonyl (C=O) groups is 13. The maximum atomic E-state index is 15.7. The number of fused-ring (bicyclic) bond motifs is 1. The maximum absolute atomic E-state index is 15.7. The van der Waals surface area contributed by atoms with Crippen molar-refractivity contribution in [3.8, 4) is 28.7 Å². The van der Waals surface area contributed by atoms with Crippen molar-refractivity contribution in [3.05, 3.63) is 160 Å². The number of halogens is 1. The lowest BCUT2D eigenvalue weighted by Gasteiger charge is -2.33. The molecule has 40 heteroatoms. The Kier molecular flexibility index (Phi) is 45.6. The van der Waals surface area contributed by atoms with Gasteiger partial charge in [-0.25, -0.2) is 9.37 Å². The number of hydrogen-bond acceptors (Lipinski definition) is 28. The van der Waals surface area contributed by atoms with Crippen molar-refractivity contribution in [3.63, 3.8) is 0 Å². The molecule has 1 fully saturated rings. The summed E-state index contributed by atoms with van der Waals surface area (Å²) >= 11 is 0. The van der Waals surface area contributed by atoms with E-state index in [0.29, 0.717) is 146 Å². The van der Waals surface area contributed by atoms with Gasteiger partial charge in [-0.05, 0) is 182 Å². The minimum Gasteiger partial charge on any atom is -0.494 e. The summed E-state index contributed by atoms with van der Waals surface area (Å²) in [6, 6.07) is 15.8. The number of imidazole rings is 1. The SMILES string of the molecule is CCc1cc(OCCCCn2cc(COCCOCCOCCOCCCC(=O)OCC3[C@H]4CCC#CCC[C@@H]34)nn2)ccc1-c1ccc(C[C@H](CC(=O)[C@H](CC(=O)O)NC(=O)[C@H](CO)CC(=O)[C@@H](NC(=O)[C@@](C)(CC(=O)[C@@H](NC(=O)CCC(=O)[C@H](Cc2nn[nH]n2)NC(=O)C(C)(C)C(=O)NCCc2cnc[nH]2)[C@@H](C)O)Cc2ccccc2F)[C@@H](C)O)C(=O)N[C@@H](CCCc2cc(C)cc(C)c2)C(N)=O)cc1. The van der Waals surface area contributed by atoms with Crippen LogP contribution in [0.1, 0.15) is 195 Å². The van der Waals surface area contributed by atoms with Crippen molar-refractivity contribution < 1.29 is 116 Å². The van der Waals surface area contributed by atoms with Gasteiger partial charge in [-0.1, -0.05) is 102 Å². The van der Waals surface area contributed by atoms with E-state index >= 15 is 4.39 Å². The van der Waals surface area contributed by atoms with Gasteiger partial charge < -0.3 is 91.5 Å². The molecule has 3 heterocycles. The van der Waals surface area contributed by atoms with Crippen LogP contribution in [0.4, 0.5) is 4.39 Å². The molecule has 142 heavy (non-hydrogen) atoms. The molecule has 770 valence electrons. The lowest BCUT2D eigenvalue weighted by atomic mass is 9.76. The Hall–Kier alpha value is -12.8. The number of aliphatic hydroxyl groups excluding tert-OH is 3. The quantitative estimate of drug-likeness (QED) is 0.00937. The smallest absolute Gasteiger partial charge is 0.305 e. The number of aliphatic hydroxyl groups is 3. The molecule has 1 unspecified atom stereocenters. The first-order chi connectivity index (χ1) is 68.0. The van der Waals surface area contributed by atoms with Crippen LogP contribution in [0, 0.1) is 71.9 Å². The number of benzene rings is 4. The summed E-state index contributed by atoms with van der Waals surface area (Å²) in [4.78, 5) is 188. The Balaban J connectivity index is 0.767. The fourth-order valence-corrected chi connectivity index (χ4v) is 17.2. The van der Waals surface area contributed by atoms with E-state index in [9.17, 15) is 82.8 Å². The molecule has 7 aromatic rings. The first-order valence-electron chi connectivity index (χ1n) is 48.6. The molecule has 0 bridgehead atoms. The van der Waals surface area contributed by atoms with Gasteiger partial charge in [-0.3, -0.25) is 67.0 Å². The average Bonchev–Trinajstić information content (AvgIpc) is 1.63. The largest absolute Gasteiger partial charge is 0.494 e. The highest BCUT2D eigenvalue weighted by molar-refractivity contribution is 6.06. The second-order valence-electron chi connectivity index (χ2n) is 37.3. The molecule has 14 N–H and O–H groups in total. The van der Waals surface area contributed by atoms with Crippen molar-refractivity contribution in [1.82, 2.24) is 77.5 Å². The lowest BCUT2D eigenvalue weighted by molar-refractivity contribution is -0.145. The minimum absolute atomic E-state index is 0.0167. The zero-order valence-corrected chi connectivity index (χ0v) is 82.1. The van der Waals surface area contributed by atoms with Gasteiger partial charge >= 0.3 is 11.9 Å². The number of H-pyrrole nitrogens is 2. The Morgan fingerprint density at radius 1 is 0.641 bits per heavy atom. The van der Waals surface area contributed by atoms with E-state index in [0.717, 1.165) is 91.1 Å². The van der Waals surface area contributed by atoms with E-state index < -0.39 is 193 Å². The van der Waals surface area contributed by atoms with Gasteiger partial charge in [0.2, 0.25) is 41.4 Å². The predicted octanol–water partition coefficient (Wildman–Crippen LogP) is 5.73. The topological polar surface area (TPSA) is 570 Å². The molecule has 39 nitrogen and oxygen atoms in total. The number of unbranched alkanes of at least 4 members (excludes halogenated alkanes) is 1. The normalized spacial score (nSPS) is 16.2. The summed E-state index contributed by atoms with van der Waals surface area (Å²) in [6.07, 6.45) is 3.79. The molecular weight excluding hydrogens is 1840 g/mol. The second kappa shape index (κ2) is 57.4. The molecule has 3 aromatic heterocycles. The number of tetrazole rings is 1. The van der Waals surface area contributed by atoms with Crippen LogP contribution in [0.15, 0.2) is 104 Å². The number of nitrogens with zero attached hydrogens (tertiary/aromatic N) is 7. The predicted molar refractivity (Wildman–Crippen MR) is 514 cm³/mol. The van der Waals surface area contributed by atoms with Crippen LogP contribution < -0.4 is 42.4 Å². The van der Waals surface area contributed by atoms with Gasteiger partial charge in [-0.2, -0.15) is 5.21 Å². The summed E-state index contributed by atoms with van der Waals surface area (Å²) in [7, 11) is 0. The number of carbonyl (C=O) groups excluding carboxylic acids is 12. The summed E-state index contributed by atoms with van der Waals surface area (Å²) in [5.74, 6) is -7.38. The monoisotopic (exact) mass is 1970 g/mol. The van der Waals surface area contributed by atoms with Gasteiger partial charge in [0.05, 0.1) is 121 Å². The molecule has 7 amide bonds. The fourth-order valence-electron chi connectivity index (χ4n) is 17.2. The Bertz CT molecular complexity index is 5350. The molecule has 1 saturated carbocycles. The Morgan fingerprint density at radius 2 is 1.30 bits per heavy atom. The van der Waals surface area contributed by atoms with Crippen LogP contribution in [0.25, 0.3) is 11.1 Å². The summed E-state index contributed by atoms with van der Waals surface area (Å²) in [5.41, 5.74) is 9.59. The van der Waals surface area contributed by atoms with Gasteiger partial charge in [0.1, 0.15) is 40.8 Å². The molecule has 9 rings (SSSR count). The van der Waals surface area contributed by atoms with E-state index in [4.69, 9.17) is 34.2 Å². The molecule has 0 radical (unpaired) electrons. The second-order valence-corrected chi connectivity index (χ2v) is 37.3. The van der Waals surface area contributed by atoms with Crippen LogP contribution in [0.5, 0.6) is 5.75 Å². The molecule has 0 spiro atoms. The number of primary amides is 1. The number of aryl methyl sites for hydroxylation is 5. The molecular formula is C102H137FN16O23. The summed E-state index contributed by atoms with van der Waals surface area (Å²) in [6.45, 7) is 15.6. The van der Waals surface area contributed by atoms with E-state index in [1.807, 2.05) is 75.5 Å². The van der Waals surface area contributed by atoms with Gasteiger partial charge in [0, 0.05) is 102 Å². The number of nitrogens with two attached hydrogens (primary N) is 1. The van der Waals surface area contributed by atoms with Gasteiger partial charge in [-0.15, -0.1) is 27.1 Å². The molecule has 2 aliphatic carbocycles. The number of carboxylic acid groups (broad SMARTS) is 1. The molecule has 0 aliphatic heterocycles. The summed E-state index contributed by atoms with van der Waals surface area (Å²) < 4.78 is 51.8. The number of ether oxygens (including phenoxy) is 6. The zero-order chi connectivity index (χ0) is 103. The molecule has 4 aromatic carbocycles. The number of Topliss-reactive ketones (excluding diaryl/α,β-unsaturated/α-hetero) is 4. The van der Waals surface area contributed by atoms with Crippen molar-refractivity contribution in [2.45, 2.75) is 252 Å². The fraction of sp³-hybridized carbons (Fsp3) is 0.559. The number of ketones is 4. The van der Waals surface area contributed by atoms with E-state index in [1.54, 1.807) is 23.0 Å². The Labute approximate surface area is 825 Å². The van der Waals surface area contributed by atoms with Crippen LogP contribution in [0.2, 0.25) is 0 Å². The molecule has 0 saturated heterocycles. The van der Waals surface area contributed by atoms with E-state index in [2.05, 4.69) is 84.6 Å². The molecule has 13 atom stereocenters. The number of amides is 7. The highest BCUT2D eigenvalue weighted by Crippen LogP contribution is 2.52. The highest BCUT2D eigenvalue weighted by atomic mass is 19.1. The van der Waals surface area contributed by atoms with Crippen LogP contribution in [-0.2, 0) is 138 Å². The maximum Gasteiger partial charge on any atom is 0.305 e. The highest BCUT2D eigenvalue weighted by Gasteiger charge is 2.50. The van der Waals surface area contributed by atoms with Crippen molar-refractivity contribution in [1.29, 1.82) is 0 Å². The number of esters is 1. The number of rotatable bonds is 67. The number of nitrogens with one attached hydrogen (secondary N) is 8. The lowest BCUT2D eigenvalue weighted by Crippen LogP contribution is -2.55. The first kappa shape index (κ1) is 113. The third-order valence-electron chi connectivity index (χ3n) is 25.3. The Morgan fingerprint density at radius 3 is 1.94 bits per heavy atom. The van der Waals surface area contributed by atoms with E-state index in [1.165, 1.54) is 45.3 Å². The number of carboxylic acids is 1. The zero-order valence-electron chi connectivity index (χ0n) is 82.1. The van der Waals surface area contributed by atoms with Crippen molar-refractivity contribution in [2.24, 2.45) is 46.2 Å². The third-order valence-corrected chi connectivity index (χ3v) is 25.3. The minimum atomic E-state index is -2.12. The summed E-state index contributed by atoms with van der Waals surface area (Å²) in [5, 5.41) is 80.5. The molecule has 2 aliphatic rings. The van der Waals surface area contributed by atoms with Crippen LogP contribution in [0.3, 0.4) is 0 Å². The van der Waals surface area contributed by atoms with Crippen LogP contribution in [-0.4, -0.2) is 257 Å². The standard InChI is InChI=1S/C102H137FN16O23/c1-9-69-50-76(141-39-17-16-37-119-58-75(113-118-119)60-140-45-44-139-43-42-138-41-40-137-38-19-26-92(130)142-61-80-78-22-12-10-11-13-23-79(78)80)31-32-77(69)70-29-27-67(28-30-70)49-72(96(132)108-82(95(104)131)25-18-20-68-47-63(2)46-64(3)48-68)51-86(124)84(54-91(128)129)109-97(133)73(59-120)52-87(125)93(65(4)121)112-100(136)102(8,55-71-21-14-15-24-81(71)103)56-88(126)94(66(5)122)111-90(127)34-33-85(123)83(53-89-114-116-117-115-89)110-99(135)101(6,7)98(134)106-36-35-74-57-105-62-107-74/h14-15,21,24,27-32,46-48,50,57-58,62,65-66,72-73,78-80,82-84,93-94,120-122H,9,12-13,16-20,22-23,25-26,33-45,49,51-56,59-61H2,1-8H3,(H2,104,131)(H,105,107)(H,106,134)(H,108,132)(H,109,133)(H,110,135)(H,111,127)(H,112,136)(H,128,129)(H,114,115,116,117)/t65-,66-,72-,73+,78-,79+,80?,82+,83+,84+,93+,94+,102-/m1/s1. The third kappa shape index (κ3) is 36.9.